The van der Waals surface area contributed by atoms with Crippen molar-refractivity contribution in [1.82, 2.24) is 19.4 Å². The maximum atomic E-state index is 13.6. The van der Waals surface area contributed by atoms with Crippen LogP contribution in [0, 0.1) is 6.92 Å². The molecule has 3 aromatic carbocycles. The Morgan fingerprint density at radius 1 is 0.946 bits per heavy atom. The van der Waals surface area contributed by atoms with E-state index in [1.165, 1.54) is 0 Å². The van der Waals surface area contributed by atoms with E-state index in [4.69, 9.17) is 28.2 Å². The lowest BCUT2D eigenvalue weighted by molar-refractivity contribution is 0.115. The summed E-state index contributed by atoms with van der Waals surface area (Å²) in [5, 5.41) is 4.15. The third kappa shape index (κ3) is 5.07. The summed E-state index contributed by atoms with van der Waals surface area (Å²) in [6, 6.07) is 20.1. The summed E-state index contributed by atoms with van der Waals surface area (Å²) < 4.78 is 1.71. The van der Waals surface area contributed by atoms with E-state index >= 15 is 0 Å². The van der Waals surface area contributed by atoms with Gasteiger partial charge in [-0.05, 0) is 50.2 Å². The van der Waals surface area contributed by atoms with Gasteiger partial charge in [-0.2, -0.15) is 0 Å². The van der Waals surface area contributed by atoms with Crippen LogP contribution in [0.15, 0.2) is 71.5 Å². The number of aromatic nitrogens is 2. The van der Waals surface area contributed by atoms with Crippen molar-refractivity contribution in [2.45, 2.75) is 19.9 Å². The molecule has 37 heavy (non-hydrogen) atoms. The first-order valence-corrected chi connectivity index (χ1v) is 12.9. The maximum Gasteiger partial charge on any atom is 0.321 e. The standard InChI is InChI=1S/C28H27Cl2N5O2/c1-18-10-12-20(13-11-18)35-26(31-23-8-4-3-6-21(23)27(35)36)19(2)33-14-16-34(17-15-33)28(37)32-24-9-5-7-22(29)25(24)30/h3-13,19H,14-17H2,1-2H3,(H,32,37). The monoisotopic (exact) mass is 535 g/mol. The smallest absolute Gasteiger partial charge is 0.321 e. The molecule has 9 heteroatoms. The van der Waals surface area contributed by atoms with Crippen LogP contribution < -0.4 is 10.9 Å². The highest BCUT2D eigenvalue weighted by molar-refractivity contribution is 6.43. The fraction of sp³-hybridized carbons (Fsp3) is 0.250. The Morgan fingerprint density at radius 2 is 1.65 bits per heavy atom. The number of amides is 2. The highest BCUT2D eigenvalue weighted by Gasteiger charge is 2.28. The van der Waals surface area contributed by atoms with Crippen molar-refractivity contribution in [3.63, 3.8) is 0 Å². The Labute approximate surface area is 225 Å². The number of hydrogen-bond donors (Lipinski definition) is 1. The van der Waals surface area contributed by atoms with Crippen LogP contribution in [0.5, 0.6) is 0 Å². The van der Waals surface area contributed by atoms with E-state index in [2.05, 4.69) is 17.1 Å². The summed E-state index contributed by atoms with van der Waals surface area (Å²) in [5.74, 6) is 0.677. The van der Waals surface area contributed by atoms with Crippen LogP contribution in [-0.2, 0) is 0 Å². The Bertz CT molecular complexity index is 1510. The zero-order valence-corrected chi connectivity index (χ0v) is 22.1. The summed E-state index contributed by atoms with van der Waals surface area (Å²) in [7, 11) is 0. The highest BCUT2D eigenvalue weighted by atomic mass is 35.5. The van der Waals surface area contributed by atoms with Crippen LogP contribution in [0.3, 0.4) is 0 Å². The minimum atomic E-state index is -0.225. The molecule has 0 radical (unpaired) electrons. The van der Waals surface area contributed by atoms with E-state index in [-0.39, 0.29) is 17.6 Å². The molecule has 4 aromatic rings. The van der Waals surface area contributed by atoms with E-state index in [9.17, 15) is 9.59 Å². The number of nitrogens with zero attached hydrogens (tertiary/aromatic N) is 4. The Morgan fingerprint density at radius 3 is 2.38 bits per heavy atom. The fourth-order valence-corrected chi connectivity index (χ4v) is 4.99. The van der Waals surface area contributed by atoms with Crippen molar-refractivity contribution in [1.29, 1.82) is 0 Å². The van der Waals surface area contributed by atoms with Crippen LogP contribution in [-0.4, -0.2) is 51.6 Å². The number of hydrogen-bond acceptors (Lipinski definition) is 4. The normalized spacial score (nSPS) is 15.1. The molecule has 0 saturated carbocycles. The third-order valence-electron chi connectivity index (χ3n) is 6.81. The maximum absolute atomic E-state index is 13.6. The van der Waals surface area contributed by atoms with Crippen LogP contribution in [0.1, 0.15) is 24.4 Å². The lowest BCUT2D eigenvalue weighted by Gasteiger charge is -2.38. The summed E-state index contributed by atoms with van der Waals surface area (Å²) >= 11 is 12.3. The molecule has 1 aliphatic rings. The largest absolute Gasteiger partial charge is 0.322 e. The topological polar surface area (TPSA) is 70.5 Å². The number of fused-ring (bicyclic) bond motifs is 1. The van der Waals surface area contributed by atoms with Gasteiger partial charge < -0.3 is 10.2 Å². The number of benzene rings is 3. The molecule has 0 spiro atoms. The van der Waals surface area contributed by atoms with Crippen LogP contribution in [0.2, 0.25) is 10.0 Å². The summed E-state index contributed by atoms with van der Waals surface area (Å²) in [4.78, 5) is 35.4. The molecule has 0 bridgehead atoms. The molecule has 190 valence electrons. The first kappa shape index (κ1) is 25.3. The van der Waals surface area contributed by atoms with Crippen molar-refractivity contribution < 1.29 is 4.79 Å². The highest BCUT2D eigenvalue weighted by Crippen LogP contribution is 2.30. The van der Waals surface area contributed by atoms with Gasteiger partial charge in [0.05, 0.1) is 38.4 Å². The van der Waals surface area contributed by atoms with Crippen LogP contribution >= 0.6 is 23.2 Å². The number of halogens is 2. The van der Waals surface area contributed by atoms with Crippen molar-refractivity contribution >= 4 is 45.8 Å². The second-order valence-electron chi connectivity index (χ2n) is 9.19. The average Bonchev–Trinajstić information content (AvgIpc) is 2.91. The van der Waals surface area contributed by atoms with Crippen molar-refractivity contribution in [2.24, 2.45) is 0 Å². The zero-order valence-electron chi connectivity index (χ0n) is 20.6. The molecular weight excluding hydrogens is 509 g/mol. The summed E-state index contributed by atoms with van der Waals surface area (Å²) in [5.41, 5.74) is 2.97. The number of piperazine rings is 1. The molecule has 7 nitrogen and oxygen atoms in total. The van der Waals surface area contributed by atoms with Crippen molar-refractivity contribution in [2.75, 3.05) is 31.5 Å². The predicted molar refractivity (Wildman–Crippen MR) is 149 cm³/mol. The van der Waals surface area contributed by atoms with Crippen molar-refractivity contribution in [3.05, 3.63) is 98.5 Å². The second-order valence-corrected chi connectivity index (χ2v) is 9.98. The van der Waals surface area contributed by atoms with Gasteiger partial charge in [-0.25, -0.2) is 9.78 Å². The van der Waals surface area contributed by atoms with Gasteiger partial charge in [-0.3, -0.25) is 14.3 Å². The molecule has 1 N–H and O–H groups in total. The van der Waals surface area contributed by atoms with Gasteiger partial charge in [0.1, 0.15) is 5.82 Å². The predicted octanol–water partition coefficient (Wildman–Crippen LogP) is 5.91. The molecule has 1 aromatic heterocycles. The third-order valence-corrected chi connectivity index (χ3v) is 7.63. The number of carbonyl (C=O) groups is 1. The molecule has 1 saturated heterocycles. The number of anilines is 1. The Kier molecular flexibility index (Phi) is 7.20. The molecule has 1 aliphatic heterocycles. The van der Waals surface area contributed by atoms with E-state index < -0.39 is 0 Å². The molecule has 2 amide bonds. The molecular formula is C28H27Cl2N5O2. The SMILES string of the molecule is Cc1ccc(-n2c(C(C)N3CCN(C(=O)Nc4cccc(Cl)c4Cl)CC3)nc3ccccc3c2=O)cc1. The molecule has 5 rings (SSSR count). The van der Waals surface area contributed by atoms with E-state index in [0.717, 1.165) is 11.3 Å². The number of urea groups is 1. The number of aryl methyl sites for hydroxylation is 1. The van der Waals surface area contributed by atoms with Gasteiger partial charge in [0, 0.05) is 26.2 Å². The molecule has 1 fully saturated rings. The Balaban J connectivity index is 1.38. The molecule has 2 heterocycles. The van der Waals surface area contributed by atoms with E-state index in [1.54, 1.807) is 27.7 Å². The lowest BCUT2D eigenvalue weighted by Crippen LogP contribution is -2.51. The van der Waals surface area contributed by atoms with Gasteiger partial charge in [0.2, 0.25) is 0 Å². The van der Waals surface area contributed by atoms with Gasteiger partial charge in [-0.1, -0.05) is 59.1 Å². The van der Waals surface area contributed by atoms with E-state index in [1.807, 2.05) is 55.5 Å². The van der Waals surface area contributed by atoms with Crippen LogP contribution in [0.25, 0.3) is 16.6 Å². The van der Waals surface area contributed by atoms with Gasteiger partial charge in [0.25, 0.3) is 5.56 Å². The lowest BCUT2D eigenvalue weighted by atomic mass is 10.1. The van der Waals surface area contributed by atoms with Crippen molar-refractivity contribution in [3.8, 4) is 5.69 Å². The van der Waals surface area contributed by atoms with E-state index in [0.29, 0.717) is 58.6 Å². The molecule has 0 aliphatic carbocycles. The van der Waals surface area contributed by atoms with Gasteiger partial charge in [-0.15, -0.1) is 0 Å². The first-order valence-electron chi connectivity index (χ1n) is 12.2. The minimum absolute atomic E-state index is 0.0901. The number of carbonyl (C=O) groups excluding carboxylic acids is 1. The quantitative estimate of drug-likeness (QED) is 0.352. The van der Waals surface area contributed by atoms with Gasteiger partial charge in [0.15, 0.2) is 0 Å². The summed E-state index contributed by atoms with van der Waals surface area (Å²) in [6.07, 6.45) is 0. The summed E-state index contributed by atoms with van der Waals surface area (Å²) in [6.45, 7) is 6.39. The molecule has 1 atom stereocenters. The Hall–Kier alpha value is -3.39. The number of nitrogens with one attached hydrogen (secondary N) is 1. The zero-order chi connectivity index (χ0) is 26.1. The molecule has 1 unspecified atom stereocenters. The van der Waals surface area contributed by atoms with Crippen LogP contribution in [0.4, 0.5) is 10.5 Å². The first-order chi connectivity index (χ1) is 17.8. The minimum Gasteiger partial charge on any atom is -0.322 e. The average molecular weight is 536 g/mol. The number of para-hydroxylation sites is 1. The number of rotatable bonds is 4. The fourth-order valence-electron chi connectivity index (χ4n) is 4.64. The van der Waals surface area contributed by atoms with Gasteiger partial charge >= 0.3 is 6.03 Å². The second kappa shape index (κ2) is 10.5.